The maximum atomic E-state index is 11.3. The van der Waals surface area contributed by atoms with Crippen LogP contribution in [0.5, 0.6) is 23.0 Å². The number of fused-ring (bicyclic) bond motifs is 4. The Kier molecular flexibility index (Phi) is 10.4. The highest BCUT2D eigenvalue weighted by Gasteiger charge is 2.38. The van der Waals surface area contributed by atoms with E-state index in [1.165, 1.54) is 34.2 Å². The van der Waals surface area contributed by atoms with Crippen LogP contribution in [0.3, 0.4) is 0 Å². The number of thioether (sulfide) groups is 1. The standard InChI is InChI=1S/C37H48N2O5S/c1-41-34-18-27-11-14-38-13-10-26(16-32(38)30(27)20-36(34)43-3)17-33-31-21-37(44-4)35(42-2)19-28(31)12-15-39(33)22-29(40)24-45-23-25-8-6-5-7-9-25/h5-9,18-21,26,29,32-33,40H,10-17,22-24H2,1-4H3. The summed E-state index contributed by atoms with van der Waals surface area (Å²) in [7, 11) is 6.86. The fourth-order valence-corrected chi connectivity index (χ4v) is 8.64. The van der Waals surface area contributed by atoms with Crippen LogP contribution in [0.4, 0.5) is 0 Å². The van der Waals surface area contributed by atoms with Gasteiger partial charge in [0.25, 0.3) is 0 Å². The van der Waals surface area contributed by atoms with Gasteiger partial charge in [-0.3, -0.25) is 9.80 Å². The monoisotopic (exact) mass is 632 g/mol. The topological polar surface area (TPSA) is 63.6 Å². The van der Waals surface area contributed by atoms with Gasteiger partial charge < -0.3 is 24.1 Å². The Labute approximate surface area is 272 Å². The van der Waals surface area contributed by atoms with E-state index in [2.05, 4.69) is 58.3 Å². The second-order valence-corrected chi connectivity index (χ2v) is 13.7. The fourth-order valence-electron chi connectivity index (χ4n) is 7.72. The van der Waals surface area contributed by atoms with Gasteiger partial charge in [-0.15, -0.1) is 0 Å². The molecule has 7 nitrogen and oxygen atoms in total. The molecule has 1 fully saturated rings. The first-order valence-electron chi connectivity index (χ1n) is 16.3. The molecule has 0 spiro atoms. The Morgan fingerprint density at radius 1 is 0.800 bits per heavy atom. The van der Waals surface area contributed by atoms with Crippen molar-refractivity contribution in [1.29, 1.82) is 0 Å². The Balaban J connectivity index is 1.22. The van der Waals surface area contributed by atoms with Crippen molar-refractivity contribution in [3.63, 3.8) is 0 Å². The van der Waals surface area contributed by atoms with Crippen molar-refractivity contribution < 1.29 is 24.1 Å². The molecule has 6 rings (SSSR count). The normalized spacial score (nSPS) is 22.1. The zero-order valence-corrected chi connectivity index (χ0v) is 28.0. The molecule has 3 aromatic rings. The Morgan fingerprint density at radius 3 is 2.11 bits per heavy atom. The summed E-state index contributed by atoms with van der Waals surface area (Å²) in [5, 5.41) is 11.3. The summed E-state index contributed by atoms with van der Waals surface area (Å²) in [5.74, 6) is 5.39. The first-order chi connectivity index (χ1) is 22.0. The van der Waals surface area contributed by atoms with E-state index in [0.29, 0.717) is 18.5 Å². The van der Waals surface area contributed by atoms with Crippen LogP contribution in [0.15, 0.2) is 54.6 Å². The number of hydrogen-bond acceptors (Lipinski definition) is 8. The quantitative estimate of drug-likeness (QED) is 0.249. The SMILES string of the molecule is COc1cc2c(cc1OC)C1CC(CC3c4cc(OC)c(OC)cc4CCN3CC(O)CSCc3ccccc3)CCN1CC2. The predicted molar refractivity (Wildman–Crippen MR) is 181 cm³/mol. The van der Waals surface area contributed by atoms with Crippen molar-refractivity contribution in [2.45, 2.75) is 56.0 Å². The number of methoxy groups -OCH3 is 4. The molecular formula is C37H48N2O5S. The molecule has 0 bridgehead atoms. The zero-order chi connectivity index (χ0) is 31.3. The summed E-state index contributed by atoms with van der Waals surface area (Å²) in [6.07, 6.45) is 4.94. The molecule has 0 aliphatic carbocycles. The number of hydrogen-bond donors (Lipinski definition) is 1. The second-order valence-electron chi connectivity index (χ2n) is 12.7. The fraction of sp³-hybridized carbons (Fsp3) is 0.514. The molecule has 1 N–H and O–H groups in total. The van der Waals surface area contributed by atoms with E-state index in [0.717, 1.165) is 79.8 Å². The van der Waals surface area contributed by atoms with Crippen LogP contribution in [-0.2, 0) is 18.6 Å². The smallest absolute Gasteiger partial charge is 0.161 e. The molecule has 0 aromatic heterocycles. The van der Waals surface area contributed by atoms with Crippen molar-refractivity contribution in [1.82, 2.24) is 9.80 Å². The highest BCUT2D eigenvalue weighted by molar-refractivity contribution is 7.98. The molecule has 45 heavy (non-hydrogen) atoms. The lowest BCUT2D eigenvalue weighted by Crippen LogP contribution is -2.44. The lowest BCUT2D eigenvalue weighted by Gasteiger charge is -2.46. The summed E-state index contributed by atoms with van der Waals surface area (Å²) in [5.41, 5.74) is 6.72. The molecule has 3 aliphatic heterocycles. The van der Waals surface area contributed by atoms with Gasteiger partial charge in [0, 0.05) is 43.2 Å². The predicted octanol–water partition coefficient (Wildman–Crippen LogP) is 6.31. The van der Waals surface area contributed by atoms with E-state index in [1.807, 2.05) is 17.8 Å². The van der Waals surface area contributed by atoms with Crippen molar-refractivity contribution in [2.75, 3.05) is 60.4 Å². The van der Waals surface area contributed by atoms with Crippen LogP contribution in [-0.4, -0.2) is 81.4 Å². The van der Waals surface area contributed by atoms with Crippen molar-refractivity contribution >= 4 is 11.8 Å². The molecule has 242 valence electrons. The summed E-state index contributed by atoms with van der Waals surface area (Å²) in [4.78, 5) is 5.20. The summed E-state index contributed by atoms with van der Waals surface area (Å²) in [6.45, 7) is 3.79. The minimum atomic E-state index is -0.391. The van der Waals surface area contributed by atoms with Gasteiger partial charge in [-0.1, -0.05) is 30.3 Å². The van der Waals surface area contributed by atoms with Gasteiger partial charge in [-0.25, -0.2) is 0 Å². The molecule has 4 unspecified atom stereocenters. The molecule has 3 aliphatic rings. The number of aliphatic hydroxyl groups excluding tert-OH is 1. The lowest BCUT2D eigenvalue weighted by molar-refractivity contribution is 0.0571. The minimum absolute atomic E-state index is 0.215. The zero-order valence-electron chi connectivity index (χ0n) is 27.2. The number of β-amino-alcohol motifs (C(OH)–C–C–N with tert-alkyl or cyclic N) is 1. The van der Waals surface area contributed by atoms with Crippen LogP contribution in [0, 0.1) is 5.92 Å². The number of rotatable bonds is 12. The van der Waals surface area contributed by atoms with Crippen LogP contribution in [0.25, 0.3) is 0 Å². The maximum absolute atomic E-state index is 11.3. The average molecular weight is 633 g/mol. The maximum Gasteiger partial charge on any atom is 0.161 e. The van der Waals surface area contributed by atoms with E-state index in [-0.39, 0.29) is 6.04 Å². The third-order valence-electron chi connectivity index (χ3n) is 10.0. The molecule has 4 atom stereocenters. The van der Waals surface area contributed by atoms with E-state index >= 15 is 0 Å². The Morgan fingerprint density at radius 2 is 1.42 bits per heavy atom. The largest absolute Gasteiger partial charge is 0.493 e. The summed E-state index contributed by atoms with van der Waals surface area (Å²) < 4.78 is 22.8. The van der Waals surface area contributed by atoms with Gasteiger partial charge >= 0.3 is 0 Å². The van der Waals surface area contributed by atoms with Crippen molar-refractivity contribution in [2.24, 2.45) is 5.92 Å². The lowest BCUT2D eigenvalue weighted by atomic mass is 9.77. The molecule has 3 aromatic carbocycles. The van der Waals surface area contributed by atoms with Crippen LogP contribution >= 0.6 is 11.8 Å². The summed E-state index contributed by atoms with van der Waals surface area (Å²) >= 11 is 1.81. The number of nitrogens with zero attached hydrogens (tertiary/aromatic N) is 2. The number of aliphatic hydroxyl groups is 1. The van der Waals surface area contributed by atoms with Gasteiger partial charge in [0.2, 0.25) is 0 Å². The van der Waals surface area contributed by atoms with Crippen LogP contribution < -0.4 is 18.9 Å². The van der Waals surface area contributed by atoms with E-state index in [4.69, 9.17) is 18.9 Å². The summed E-state index contributed by atoms with van der Waals surface area (Å²) in [6, 6.07) is 19.9. The van der Waals surface area contributed by atoms with E-state index in [9.17, 15) is 5.11 Å². The molecule has 0 radical (unpaired) electrons. The molecule has 1 saturated heterocycles. The van der Waals surface area contributed by atoms with Gasteiger partial charge in [-0.2, -0.15) is 11.8 Å². The second kappa shape index (κ2) is 14.7. The van der Waals surface area contributed by atoms with Crippen molar-refractivity contribution in [3.05, 3.63) is 82.4 Å². The molecule has 3 heterocycles. The van der Waals surface area contributed by atoms with Crippen molar-refractivity contribution in [3.8, 4) is 23.0 Å². The van der Waals surface area contributed by atoms with Crippen LogP contribution in [0.2, 0.25) is 0 Å². The molecule has 0 amide bonds. The third-order valence-corrected chi connectivity index (χ3v) is 11.2. The third kappa shape index (κ3) is 7.09. The van der Waals surface area contributed by atoms with E-state index in [1.54, 1.807) is 28.4 Å². The number of piperidine rings is 1. The van der Waals surface area contributed by atoms with Gasteiger partial charge in [0.1, 0.15) is 0 Å². The van der Waals surface area contributed by atoms with Gasteiger partial charge in [-0.05, 0) is 96.6 Å². The average Bonchev–Trinajstić information content (AvgIpc) is 3.08. The van der Waals surface area contributed by atoms with Gasteiger partial charge in [0.05, 0.1) is 34.5 Å². The van der Waals surface area contributed by atoms with E-state index < -0.39 is 6.10 Å². The van der Waals surface area contributed by atoms with Crippen LogP contribution in [0.1, 0.15) is 59.2 Å². The number of ether oxygens (including phenoxy) is 4. The minimum Gasteiger partial charge on any atom is -0.493 e. The first kappa shape index (κ1) is 32.0. The number of benzene rings is 3. The molecule has 0 saturated carbocycles. The van der Waals surface area contributed by atoms with Gasteiger partial charge in [0.15, 0.2) is 23.0 Å². The molecule has 8 heteroatoms. The molecular weight excluding hydrogens is 584 g/mol. The Bertz CT molecular complexity index is 1440. The highest BCUT2D eigenvalue weighted by atomic mass is 32.2. The highest BCUT2D eigenvalue weighted by Crippen LogP contribution is 2.47. The first-order valence-corrected chi connectivity index (χ1v) is 17.4. The Hall–Kier alpha value is -2.91.